The second-order valence-electron chi connectivity index (χ2n) is 4.48. The number of hydrogen-bond donors (Lipinski definition) is 1. The molecule has 3 heterocycles. The third-order valence-corrected chi connectivity index (χ3v) is 3.12. The Morgan fingerprint density at radius 1 is 1.35 bits per heavy atom. The topological polar surface area (TPSA) is 69.4 Å². The van der Waals surface area contributed by atoms with Crippen molar-refractivity contribution in [1.29, 1.82) is 0 Å². The average Bonchev–Trinajstić information content (AvgIpc) is 3.00. The molecule has 0 bridgehead atoms. The Hall–Kier alpha value is -0.980. The van der Waals surface area contributed by atoms with Gasteiger partial charge in [-0.3, -0.25) is 0 Å². The summed E-state index contributed by atoms with van der Waals surface area (Å²) in [6.45, 7) is 3.17. The van der Waals surface area contributed by atoms with Gasteiger partial charge in [0.25, 0.3) is 0 Å². The van der Waals surface area contributed by atoms with E-state index in [9.17, 15) is 0 Å². The van der Waals surface area contributed by atoms with Crippen LogP contribution >= 0.6 is 0 Å². The molecule has 6 heteroatoms. The minimum atomic E-state index is 0.0306. The first-order valence-corrected chi connectivity index (χ1v) is 6.17. The summed E-state index contributed by atoms with van der Waals surface area (Å²) in [7, 11) is 0. The van der Waals surface area contributed by atoms with E-state index in [0.717, 1.165) is 39.0 Å². The fourth-order valence-electron chi connectivity index (χ4n) is 2.22. The molecule has 0 aliphatic carbocycles. The van der Waals surface area contributed by atoms with E-state index in [0.29, 0.717) is 18.3 Å². The molecule has 94 valence electrons. The predicted molar refractivity (Wildman–Crippen MR) is 58.5 cm³/mol. The molecule has 0 spiro atoms. The summed E-state index contributed by atoms with van der Waals surface area (Å²) >= 11 is 0. The number of hydrogen-bond acceptors (Lipinski definition) is 6. The van der Waals surface area contributed by atoms with Crippen molar-refractivity contribution in [3.8, 4) is 0 Å². The highest BCUT2D eigenvalue weighted by Crippen LogP contribution is 2.26. The summed E-state index contributed by atoms with van der Waals surface area (Å²) in [6, 6.07) is 0.279. The first kappa shape index (κ1) is 11.1. The lowest BCUT2D eigenvalue weighted by Gasteiger charge is -2.22. The summed E-state index contributed by atoms with van der Waals surface area (Å²) in [4.78, 5) is 4.39. The van der Waals surface area contributed by atoms with E-state index in [1.165, 1.54) is 0 Å². The minimum Gasteiger partial charge on any atom is -0.378 e. The van der Waals surface area contributed by atoms with Crippen molar-refractivity contribution >= 4 is 0 Å². The van der Waals surface area contributed by atoms with E-state index < -0.39 is 0 Å². The van der Waals surface area contributed by atoms with Crippen LogP contribution in [0.2, 0.25) is 0 Å². The lowest BCUT2D eigenvalue weighted by atomic mass is 10.2. The Morgan fingerprint density at radius 3 is 3.12 bits per heavy atom. The van der Waals surface area contributed by atoms with Crippen LogP contribution in [0, 0.1) is 0 Å². The fourth-order valence-corrected chi connectivity index (χ4v) is 2.22. The number of nitrogens with zero attached hydrogens (tertiary/aromatic N) is 2. The number of nitrogens with one attached hydrogen (secondary N) is 1. The van der Waals surface area contributed by atoms with E-state index >= 15 is 0 Å². The standard InChI is InChI=1S/C11H17N3O3/c1-2-9(16-4-1)11-13-10(17-14-11)6-8-7-15-5-3-12-8/h8-9,12H,1-7H2. The van der Waals surface area contributed by atoms with Gasteiger partial charge in [-0.2, -0.15) is 4.98 Å². The quantitative estimate of drug-likeness (QED) is 0.826. The highest BCUT2D eigenvalue weighted by molar-refractivity contribution is 4.95. The van der Waals surface area contributed by atoms with E-state index in [1.807, 2.05) is 0 Å². The van der Waals surface area contributed by atoms with Gasteiger partial charge in [-0.1, -0.05) is 5.16 Å². The predicted octanol–water partition coefficient (Wildman–Crippen LogP) is 0.452. The zero-order valence-electron chi connectivity index (χ0n) is 9.72. The Labute approximate surface area is 99.7 Å². The maximum atomic E-state index is 5.52. The SMILES string of the molecule is C1COC(c2noc(CC3COCCN3)n2)C1. The van der Waals surface area contributed by atoms with Gasteiger partial charge in [-0.05, 0) is 12.8 Å². The highest BCUT2D eigenvalue weighted by atomic mass is 16.5. The maximum Gasteiger partial charge on any atom is 0.228 e. The molecule has 1 aromatic rings. The molecule has 17 heavy (non-hydrogen) atoms. The molecule has 2 unspecified atom stereocenters. The van der Waals surface area contributed by atoms with Crippen LogP contribution in [0.3, 0.4) is 0 Å². The zero-order chi connectivity index (χ0) is 11.5. The van der Waals surface area contributed by atoms with Gasteiger partial charge >= 0.3 is 0 Å². The summed E-state index contributed by atoms with van der Waals surface area (Å²) in [5.41, 5.74) is 0. The normalized spacial score (nSPS) is 29.6. The van der Waals surface area contributed by atoms with Crippen LogP contribution in [-0.2, 0) is 15.9 Å². The van der Waals surface area contributed by atoms with Crippen molar-refractivity contribution in [3.63, 3.8) is 0 Å². The van der Waals surface area contributed by atoms with Gasteiger partial charge in [0, 0.05) is 25.6 Å². The largest absolute Gasteiger partial charge is 0.378 e. The molecule has 1 N–H and O–H groups in total. The van der Waals surface area contributed by atoms with E-state index in [-0.39, 0.29) is 12.1 Å². The number of rotatable bonds is 3. The molecule has 2 aliphatic rings. The maximum absolute atomic E-state index is 5.52. The van der Waals surface area contributed by atoms with Crippen molar-refractivity contribution in [2.75, 3.05) is 26.4 Å². The van der Waals surface area contributed by atoms with Crippen LogP contribution in [-0.4, -0.2) is 42.5 Å². The summed E-state index contributed by atoms with van der Waals surface area (Å²) in [5.74, 6) is 1.35. The van der Waals surface area contributed by atoms with Crippen LogP contribution in [0.4, 0.5) is 0 Å². The van der Waals surface area contributed by atoms with Crippen molar-refractivity contribution in [2.24, 2.45) is 0 Å². The molecule has 1 aromatic heterocycles. The molecule has 2 fully saturated rings. The van der Waals surface area contributed by atoms with Crippen LogP contribution in [0.25, 0.3) is 0 Å². The Balaban J connectivity index is 1.59. The van der Waals surface area contributed by atoms with Gasteiger partial charge in [0.1, 0.15) is 6.10 Å². The van der Waals surface area contributed by atoms with E-state index in [1.54, 1.807) is 0 Å². The first-order valence-electron chi connectivity index (χ1n) is 6.17. The second-order valence-corrected chi connectivity index (χ2v) is 4.48. The average molecular weight is 239 g/mol. The third kappa shape index (κ3) is 2.65. The third-order valence-electron chi connectivity index (χ3n) is 3.12. The second kappa shape index (κ2) is 5.12. The van der Waals surface area contributed by atoms with Crippen LogP contribution in [0.5, 0.6) is 0 Å². The Kier molecular flexibility index (Phi) is 3.35. The molecule has 3 rings (SSSR count). The smallest absolute Gasteiger partial charge is 0.228 e. The molecular formula is C11H17N3O3. The van der Waals surface area contributed by atoms with Crippen molar-refractivity contribution in [3.05, 3.63) is 11.7 Å². The molecule has 0 saturated carbocycles. The molecule has 6 nitrogen and oxygen atoms in total. The number of morpholine rings is 1. The monoisotopic (exact) mass is 239 g/mol. The fraction of sp³-hybridized carbons (Fsp3) is 0.818. The van der Waals surface area contributed by atoms with Gasteiger partial charge in [0.15, 0.2) is 0 Å². The Bertz CT molecular complexity index is 357. The van der Waals surface area contributed by atoms with Crippen LogP contribution < -0.4 is 5.32 Å². The van der Waals surface area contributed by atoms with Gasteiger partial charge in [0.2, 0.25) is 11.7 Å². The van der Waals surface area contributed by atoms with Gasteiger partial charge in [0.05, 0.1) is 13.2 Å². The molecule has 2 aliphatic heterocycles. The molecule has 0 amide bonds. The summed E-state index contributed by atoms with van der Waals surface area (Å²) in [6.07, 6.45) is 2.82. The Morgan fingerprint density at radius 2 is 2.35 bits per heavy atom. The number of ether oxygens (including phenoxy) is 2. The molecule has 0 radical (unpaired) electrons. The molecule has 2 saturated heterocycles. The lowest BCUT2D eigenvalue weighted by molar-refractivity contribution is 0.0744. The zero-order valence-corrected chi connectivity index (χ0v) is 9.72. The van der Waals surface area contributed by atoms with Crippen LogP contribution in [0.15, 0.2) is 4.52 Å². The molecule has 2 atom stereocenters. The molecule has 0 aromatic carbocycles. The van der Waals surface area contributed by atoms with Crippen molar-refractivity contribution < 1.29 is 14.0 Å². The van der Waals surface area contributed by atoms with Gasteiger partial charge in [-0.15, -0.1) is 0 Å². The van der Waals surface area contributed by atoms with Crippen molar-refractivity contribution in [1.82, 2.24) is 15.5 Å². The highest BCUT2D eigenvalue weighted by Gasteiger charge is 2.24. The first-order chi connectivity index (χ1) is 8.42. The summed E-state index contributed by atoms with van der Waals surface area (Å²) in [5, 5.41) is 7.35. The van der Waals surface area contributed by atoms with E-state index in [2.05, 4.69) is 15.5 Å². The van der Waals surface area contributed by atoms with Crippen LogP contribution in [0.1, 0.15) is 30.7 Å². The minimum absolute atomic E-state index is 0.0306. The van der Waals surface area contributed by atoms with E-state index in [4.69, 9.17) is 14.0 Å². The number of aromatic nitrogens is 2. The van der Waals surface area contributed by atoms with Crippen molar-refractivity contribution in [2.45, 2.75) is 31.4 Å². The van der Waals surface area contributed by atoms with Gasteiger partial charge in [-0.25, -0.2) is 0 Å². The molecular weight excluding hydrogens is 222 g/mol. The summed E-state index contributed by atoms with van der Waals surface area (Å²) < 4.78 is 16.1. The lowest BCUT2D eigenvalue weighted by Crippen LogP contribution is -2.42. The van der Waals surface area contributed by atoms with Gasteiger partial charge < -0.3 is 19.3 Å².